The highest BCUT2D eigenvalue weighted by Gasteiger charge is 2.35. The van der Waals surface area contributed by atoms with Gasteiger partial charge in [0, 0.05) is 39.6 Å². The van der Waals surface area contributed by atoms with Crippen LogP contribution >= 0.6 is 11.8 Å². The van der Waals surface area contributed by atoms with E-state index in [2.05, 4.69) is 4.90 Å². The van der Waals surface area contributed by atoms with E-state index in [0.29, 0.717) is 24.3 Å². The van der Waals surface area contributed by atoms with E-state index >= 15 is 0 Å². The lowest BCUT2D eigenvalue weighted by Crippen LogP contribution is -2.54. The standard InChI is InChI=1S/C27H27NO3S/c1-27(2,28-16-18-31-19-17-28)26(30)22-10-14-24(15-11-22)32-23-12-8-21(9-13-23)25(29)20-6-4-3-5-7-20/h3-15H,16-19H2,1-2H3. The smallest absolute Gasteiger partial charge is 0.193 e. The number of hydrogen-bond donors (Lipinski definition) is 0. The van der Waals surface area contributed by atoms with Gasteiger partial charge in [0.25, 0.3) is 0 Å². The highest BCUT2D eigenvalue weighted by Crippen LogP contribution is 2.29. The fourth-order valence-corrected chi connectivity index (χ4v) is 4.68. The normalized spacial score (nSPS) is 14.8. The van der Waals surface area contributed by atoms with Crippen molar-refractivity contribution in [2.75, 3.05) is 26.3 Å². The van der Waals surface area contributed by atoms with Crippen LogP contribution < -0.4 is 0 Å². The summed E-state index contributed by atoms with van der Waals surface area (Å²) in [7, 11) is 0. The topological polar surface area (TPSA) is 46.6 Å². The number of ether oxygens (including phenoxy) is 1. The van der Waals surface area contributed by atoms with Crippen LogP contribution in [0.5, 0.6) is 0 Å². The first-order chi connectivity index (χ1) is 15.4. The van der Waals surface area contributed by atoms with Crippen molar-refractivity contribution in [3.05, 3.63) is 95.6 Å². The summed E-state index contributed by atoms with van der Waals surface area (Å²) in [5.41, 5.74) is 1.52. The number of nitrogens with zero attached hydrogens (tertiary/aromatic N) is 1. The first-order valence-corrected chi connectivity index (χ1v) is 11.6. The average molecular weight is 446 g/mol. The van der Waals surface area contributed by atoms with Gasteiger partial charge < -0.3 is 4.74 Å². The van der Waals surface area contributed by atoms with Gasteiger partial charge in [-0.15, -0.1) is 0 Å². The predicted octanol–water partition coefficient (Wildman–Crippen LogP) is 5.36. The fourth-order valence-electron chi connectivity index (χ4n) is 3.86. The van der Waals surface area contributed by atoms with Gasteiger partial charge in [0.1, 0.15) is 0 Å². The third-order valence-corrected chi connectivity index (χ3v) is 6.88. The maximum Gasteiger partial charge on any atom is 0.193 e. The van der Waals surface area contributed by atoms with Crippen molar-refractivity contribution in [1.82, 2.24) is 4.90 Å². The van der Waals surface area contributed by atoms with Gasteiger partial charge in [-0.25, -0.2) is 0 Å². The fraction of sp³-hybridized carbons (Fsp3) is 0.259. The molecule has 164 valence electrons. The van der Waals surface area contributed by atoms with E-state index in [-0.39, 0.29) is 11.6 Å². The first kappa shape index (κ1) is 22.5. The lowest BCUT2D eigenvalue weighted by atomic mass is 9.91. The van der Waals surface area contributed by atoms with Crippen LogP contribution in [0.3, 0.4) is 0 Å². The minimum Gasteiger partial charge on any atom is -0.379 e. The molecule has 0 atom stereocenters. The molecular formula is C27H27NO3S. The lowest BCUT2D eigenvalue weighted by molar-refractivity contribution is -0.00430. The molecule has 32 heavy (non-hydrogen) atoms. The highest BCUT2D eigenvalue weighted by atomic mass is 32.2. The van der Waals surface area contributed by atoms with Crippen LogP contribution in [0.1, 0.15) is 40.1 Å². The number of carbonyl (C=O) groups is 2. The monoisotopic (exact) mass is 445 g/mol. The molecule has 0 amide bonds. The molecule has 4 nitrogen and oxygen atoms in total. The molecule has 1 fully saturated rings. The summed E-state index contributed by atoms with van der Waals surface area (Å²) in [6.45, 7) is 6.86. The van der Waals surface area contributed by atoms with Crippen molar-refractivity contribution in [2.24, 2.45) is 0 Å². The zero-order chi connectivity index (χ0) is 22.6. The first-order valence-electron chi connectivity index (χ1n) is 10.8. The third kappa shape index (κ3) is 5.01. The predicted molar refractivity (Wildman–Crippen MR) is 128 cm³/mol. The van der Waals surface area contributed by atoms with Gasteiger partial charge in [-0.1, -0.05) is 54.2 Å². The van der Waals surface area contributed by atoms with E-state index in [0.717, 1.165) is 28.4 Å². The van der Waals surface area contributed by atoms with Gasteiger partial charge in [-0.2, -0.15) is 0 Å². The van der Waals surface area contributed by atoms with Crippen LogP contribution in [0.4, 0.5) is 0 Å². The number of carbonyl (C=O) groups excluding carboxylic acids is 2. The molecule has 0 spiro atoms. The summed E-state index contributed by atoms with van der Waals surface area (Å²) >= 11 is 1.61. The van der Waals surface area contributed by atoms with Gasteiger partial charge >= 0.3 is 0 Å². The van der Waals surface area contributed by atoms with Crippen molar-refractivity contribution in [1.29, 1.82) is 0 Å². The molecule has 1 aliphatic rings. The molecule has 0 aliphatic carbocycles. The highest BCUT2D eigenvalue weighted by molar-refractivity contribution is 7.99. The summed E-state index contributed by atoms with van der Waals surface area (Å²) in [4.78, 5) is 30.0. The van der Waals surface area contributed by atoms with Crippen LogP contribution in [0, 0.1) is 0 Å². The lowest BCUT2D eigenvalue weighted by Gasteiger charge is -2.39. The van der Waals surface area contributed by atoms with Crippen molar-refractivity contribution in [3.8, 4) is 0 Å². The van der Waals surface area contributed by atoms with Gasteiger partial charge in [-0.3, -0.25) is 14.5 Å². The van der Waals surface area contributed by atoms with E-state index in [4.69, 9.17) is 4.74 Å². The quantitative estimate of drug-likeness (QED) is 0.458. The van der Waals surface area contributed by atoms with Crippen LogP contribution in [-0.2, 0) is 4.74 Å². The van der Waals surface area contributed by atoms with Crippen LogP contribution in [0.15, 0.2) is 88.7 Å². The molecule has 0 bridgehead atoms. The van der Waals surface area contributed by atoms with Crippen molar-refractivity contribution >= 4 is 23.3 Å². The van der Waals surface area contributed by atoms with E-state index in [9.17, 15) is 9.59 Å². The Bertz CT molecular complexity index is 1070. The van der Waals surface area contributed by atoms with E-state index in [1.165, 1.54) is 0 Å². The summed E-state index contributed by atoms with van der Waals surface area (Å²) in [5.74, 6) is 0.146. The largest absolute Gasteiger partial charge is 0.379 e. The minimum absolute atomic E-state index is 0.0212. The Morgan fingerprint density at radius 2 is 1.25 bits per heavy atom. The Morgan fingerprint density at radius 3 is 1.81 bits per heavy atom. The molecule has 0 N–H and O–H groups in total. The van der Waals surface area contributed by atoms with Crippen LogP contribution in [0.25, 0.3) is 0 Å². The zero-order valence-electron chi connectivity index (χ0n) is 18.4. The van der Waals surface area contributed by atoms with Crippen LogP contribution in [-0.4, -0.2) is 48.3 Å². The molecular weight excluding hydrogens is 418 g/mol. The van der Waals surface area contributed by atoms with E-state index < -0.39 is 5.54 Å². The molecule has 1 aliphatic heterocycles. The second-order valence-corrected chi connectivity index (χ2v) is 9.48. The number of ketones is 2. The summed E-state index contributed by atoms with van der Waals surface area (Å²) < 4.78 is 5.42. The van der Waals surface area contributed by atoms with E-state index in [1.807, 2.05) is 92.7 Å². The molecule has 3 aromatic carbocycles. The van der Waals surface area contributed by atoms with Crippen LogP contribution in [0.2, 0.25) is 0 Å². The summed E-state index contributed by atoms with van der Waals surface area (Å²) in [5, 5.41) is 0. The third-order valence-electron chi connectivity index (χ3n) is 5.86. The minimum atomic E-state index is -0.556. The maximum atomic E-state index is 13.1. The Balaban J connectivity index is 1.41. The zero-order valence-corrected chi connectivity index (χ0v) is 19.2. The Morgan fingerprint density at radius 1 is 0.750 bits per heavy atom. The second kappa shape index (κ2) is 9.82. The van der Waals surface area contributed by atoms with Crippen molar-refractivity contribution in [2.45, 2.75) is 29.2 Å². The number of Topliss-reactive ketones (excluding diaryl/α,β-unsaturated/α-hetero) is 1. The molecule has 3 aromatic rings. The summed E-state index contributed by atoms with van der Waals surface area (Å²) in [6, 6.07) is 24.7. The molecule has 0 unspecified atom stereocenters. The molecule has 5 heteroatoms. The van der Waals surface area contributed by atoms with E-state index in [1.54, 1.807) is 11.8 Å². The second-order valence-electron chi connectivity index (χ2n) is 8.33. The Labute approximate surface area is 193 Å². The molecule has 1 heterocycles. The average Bonchev–Trinajstić information content (AvgIpc) is 2.85. The maximum absolute atomic E-state index is 13.1. The number of morpholine rings is 1. The van der Waals surface area contributed by atoms with Gasteiger partial charge in [0.05, 0.1) is 18.8 Å². The van der Waals surface area contributed by atoms with Crippen molar-refractivity contribution < 1.29 is 14.3 Å². The SMILES string of the molecule is CC(C)(C(=O)c1ccc(Sc2ccc(C(=O)c3ccccc3)cc2)cc1)N1CCOCC1. The van der Waals surface area contributed by atoms with Gasteiger partial charge in [-0.05, 0) is 50.2 Å². The van der Waals surface area contributed by atoms with Gasteiger partial charge in [0.15, 0.2) is 11.6 Å². The molecule has 0 radical (unpaired) electrons. The molecule has 0 saturated carbocycles. The van der Waals surface area contributed by atoms with Gasteiger partial charge in [0.2, 0.25) is 0 Å². The van der Waals surface area contributed by atoms with Crippen molar-refractivity contribution in [3.63, 3.8) is 0 Å². The number of benzene rings is 3. The molecule has 1 saturated heterocycles. The Kier molecular flexibility index (Phi) is 6.89. The number of rotatable bonds is 7. The molecule has 4 rings (SSSR count). The molecule has 0 aromatic heterocycles. The Hall–Kier alpha value is -2.73. The summed E-state index contributed by atoms with van der Waals surface area (Å²) in [6.07, 6.45) is 0. The number of hydrogen-bond acceptors (Lipinski definition) is 5.